The van der Waals surface area contributed by atoms with E-state index in [9.17, 15) is 0 Å². The minimum atomic E-state index is 0.894. The molecule has 0 unspecified atom stereocenters. The van der Waals surface area contributed by atoms with Crippen molar-refractivity contribution < 1.29 is 8.83 Å². The highest BCUT2D eigenvalue weighted by Crippen LogP contribution is 2.42. The van der Waals surface area contributed by atoms with E-state index in [0.717, 1.165) is 94.1 Å². The topological polar surface area (TPSA) is 36.1 Å². The van der Waals surface area contributed by atoms with Crippen molar-refractivity contribution in [1.29, 1.82) is 0 Å². The van der Waals surface area contributed by atoms with Crippen molar-refractivity contribution in [2.75, 3.05) is 0 Å². The molecule has 0 fully saturated rings. The summed E-state index contributed by atoms with van der Waals surface area (Å²) in [6.07, 6.45) is 0. The van der Waals surface area contributed by atoms with Crippen LogP contribution in [-0.2, 0) is 0 Å². The Labute approximate surface area is 437 Å². The fraction of sp³-hybridized carbons (Fsp3) is 0. The number of benzene rings is 12. The molecule has 4 heterocycles. The molecule has 16 rings (SSSR count). The summed E-state index contributed by atoms with van der Waals surface area (Å²) < 4.78 is 17.4. The number of hydrogen-bond acceptors (Lipinski definition) is 2. The molecule has 0 spiro atoms. The van der Waals surface area contributed by atoms with Gasteiger partial charge in [-0.05, 0) is 165 Å². The Balaban J connectivity index is 0.871. The van der Waals surface area contributed by atoms with Gasteiger partial charge < -0.3 is 18.0 Å². The summed E-state index contributed by atoms with van der Waals surface area (Å²) in [5.74, 6) is 0. The molecule has 0 bridgehead atoms. The monoisotopic (exact) mass is 968 g/mol. The molecular weight excluding hydrogens is 925 g/mol. The lowest BCUT2D eigenvalue weighted by atomic mass is 9.98. The van der Waals surface area contributed by atoms with E-state index in [4.69, 9.17) is 8.83 Å². The molecule has 16 aromatic rings. The molecule has 76 heavy (non-hydrogen) atoms. The number of hydrogen-bond donors (Lipinski definition) is 0. The van der Waals surface area contributed by atoms with Crippen LogP contribution in [0.4, 0.5) is 0 Å². The Hall–Kier alpha value is -10.2. The lowest BCUT2D eigenvalue weighted by Crippen LogP contribution is -1.96. The van der Waals surface area contributed by atoms with E-state index in [2.05, 4.69) is 252 Å². The van der Waals surface area contributed by atoms with E-state index < -0.39 is 0 Å². The molecule has 0 saturated carbocycles. The smallest absolute Gasteiger partial charge is 0.135 e. The summed E-state index contributed by atoms with van der Waals surface area (Å²) in [5.41, 5.74) is 22.1. The van der Waals surface area contributed by atoms with Crippen molar-refractivity contribution in [3.8, 4) is 67.0 Å². The van der Waals surface area contributed by atoms with E-state index >= 15 is 0 Å². The van der Waals surface area contributed by atoms with Crippen molar-refractivity contribution >= 4 is 87.5 Å². The van der Waals surface area contributed by atoms with E-state index in [1.807, 2.05) is 24.3 Å². The summed E-state index contributed by atoms with van der Waals surface area (Å²) in [6.45, 7) is 0. The number of furan rings is 2. The van der Waals surface area contributed by atoms with Crippen LogP contribution in [0.15, 0.2) is 276 Å². The van der Waals surface area contributed by atoms with Crippen LogP contribution in [0, 0.1) is 0 Å². The Kier molecular flexibility index (Phi) is 9.30. The van der Waals surface area contributed by atoms with Gasteiger partial charge in [-0.1, -0.05) is 158 Å². The van der Waals surface area contributed by atoms with Crippen LogP contribution >= 0.6 is 0 Å². The molecule has 0 saturated heterocycles. The Morgan fingerprint density at radius 2 is 0.539 bits per heavy atom. The molecule has 0 N–H and O–H groups in total. The maximum absolute atomic E-state index is 6.26. The molecule has 0 aliphatic heterocycles. The van der Waals surface area contributed by atoms with Gasteiger partial charge in [0.1, 0.15) is 22.3 Å². The highest BCUT2D eigenvalue weighted by atomic mass is 16.3. The van der Waals surface area contributed by atoms with Gasteiger partial charge in [0.25, 0.3) is 0 Å². The zero-order valence-electron chi connectivity index (χ0n) is 41.1. The number of nitrogens with zero attached hydrogens (tertiary/aromatic N) is 2. The fourth-order valence-corrected chi connectivity index (χ4v) is 12.1. The van der Waals surface area contributed by atoms with Gasteiger partial charge in [-0.3, -0.25) is 0 Å². The van der Waals surface area contributed by atoms with Crippen LogP contribution < -0.4 is 0 Å². The molecule has 0 aliphatic carbocycles. The van der Waals surface area contributed by atoms with Gasteiger partial charge in [0.2, 0.25) is 0 Å². The van der Waals surface area contributed by atoms with Crippen molar-refractivity contribution in [2.24, 2.45) is 0 Å². The number of fused-ring (bicyclic) bond motifs is 12. The summed E-state index contributed by atoms with van der Waals surface area (Å²) in [6, 6.07) is 96.9. The van der Waals surface area contributed by atoms with Crippen molar-refractivity contribution in [1.82, 2.24) is 9.13 Å². The molecule has 0 atom stereocenters. The highest BCUT2D eigenvalue weighted by molar-refractivity contribution is 6.14. The molecule has 0 amide bonds. The first-order valence-electron chi connectivity index (χ1n) is 26.0. The Morgan fingerprint density at radius 1 is 0.184 bits per heavy atom. The van der Waals surface area contributed by atoms with Gasteiger partial charge >= 0.3 is 0 Å². The molecule has 4 aromatic heterocycles. The molecular formula is C72H44N2O2. The normalized spacial score (nSPS) is 11.9. The van der Waals surface area contributed by atoms with E-state index in [-0.39, 0.29) is 0 Å². The Morgan fingerprint density at radius 3 is 1.07 bits per heavy atom. The minimum Gasteiger partial charge on any atom is -0.456 e. The lowest BCUT2D eigenvalue weighted by molar-refractivity contribution is 0.668. The molecule has 4 heteroatoms. The molecule has 12 aromatic carbocycles. The van der Waals surface area contributed by atoms with Gasteiger partial charge in [0, 0.05) is 54.5 Å². The van der Waals surface area contributed by atoms with Gasteiger partial charge in [0.05, 0.1) is 22.1 Å². The Bertz CT molecular complexity index is 4930. The predicted molar refractivity (Wildman–Crippen MR) is 317 cm³/mol. The maximum atomic E-state index is 6.26. The first-order valence-corrected chi connectivity index (χ1v) is 26.0. The van der Waals surface area contributed by atoms with E-state index in [0.29, 0.717) is 0 Å². The van der Waals surface area contributed by atoms with Gasteiger partial charge in [0.15, 0.2) is 0 Å². The summed E-state index contributed by atoms with van der Waals surface area (Å²) in [5, 5.41) is 9.30. The van der Waals surface area contributed by atoms with Crippen molar-refractivity contribution in [2.45, 2.75) is 0 Å². The summed E-state index contributed by atoms with van der Waals surface area (Å²) in [4.78, 5) is 0. The summed E-state index contributed by atoms with van der Waals surface area (Å²) >= 11 is 0. The first-order chi connectivity index (χ1) is 37.6. The fourth-order valence-electron chi connectivity index (χ4n) is 12.1. The zero-order chi connectivity index (χ0) is 49.8. The SMILES string of the molecule is c1ccc(-c2cc(-c3ccccc3)cc(-n3c4ccccc4c4cc(-c5ccc6c(c5)c5cc(-c7ccc8oc9ccccc9c8c7)ccc5n6-c5cccc(-c6ccc7oc8ccccc8c7c6)c5)ccc43)c2)cc1. The second kappa shape index (κ2) is 16.7. The number of rotatable bonds is 7. The van der Waals surface area contributed by atoms with Crippen LogP contribution in [0.25, 0.3) is 154 Å². The van der Waals surface area contributed by atoms with Crippen LogP contribution in [-0.4, -0.2) is 9.13 Å². The quantitative estimate of drug-likeness (QED) is 0.160. The van der Waals surface area contributed by atoms with Crippen molar-refractivity contribution in [3.05, 3.63) is 267 Å². The van der Waals surface area contributed by atoms with Crippen LogP contribution in [0.1, 0.15) is 0 Å². The third-order valence-corrected chi connectivity index (χ3v) is 15.7. The average Bonchev–Trinajstić information content (AvgIpc) is 4.26. The number of aromatic nitrogens is 2. The van der Waals surface area contributed by atoms with Crippen LogP contribution in [0.3, 0.4) is 0 Å². The molecule has 0 aliphatic rings. The lowest BCUT2D eigenvalue weighted by Gasteiger charge is -2.14. The second-order valence-corrected chi connectivity index (χ2v) is 20.1. The first kappa shape index (κ1) is 42.4. The minimum absolute atomic E-state index is 0.894. The molecule has 0 radical (unpaired) electrons. The van der Waals surface area contributed by atoms with Crippen LogP contribution in [0.2, 0.25) is 0 Å². The largest absolute Gasteiger partial charge is 0.456 e. The maximum Gasteiger partial charge on any atom is 0.135 e. The van der Waals surface area contributed by atoms with E-state index in [1.165, 1.54) is 60.4 Å². The zero-order valence-corrected chi connectivity index (χ0v) is 41.1. The summed E-state index contributed by atoms with van der Waals surface area (Å²) in [7, 11) is 0. The highest BCUT2D eigenvalue weighted by Gasteiger charge is 2.20. The van der Waals surface area contributed by atoms with Crippen LogP contribution in [0.5, 0.6) is 0 Å². The van der Waals surface area contributed by atoms with Gasteiger partial charge in [-0.15, -0.1) is 0 Å². The molecule has 4 nitrogen and oxygen atoms in total. The number of para-hydroxylation sites is 3. The van der Waals surface area contributed by atoms with E-state index in [1.54, 1.807) is 0 Å². The predicted octanol–water partition coefficient (Wildman–Crippen LogP) is 20.0. The average molecular weight is 969 g/mol. The van der Waals surface area contributed by atoms with Gasteiger partial charge in [-0.2, -0.15) is 0 Å². The standard InChI is InChI=1S/C72H44N2O2/c1-3-14-45(15-4-1)53-36-54(46-16-5-2-6-17-46)39-56(38-53)74-65-23-10-7-20-57(65)60-40-48(26-31-66(60)74)49-27-32-67-61(41-49)62-42-50(52-30-35-72-64(44-52)59-22-9-12-25-70(59)76-72)28-33-68(62)73(67)55-19-13-18-47(37-55)51-29-34-71-63(43-51)58-21-8-11-24-69(58)75-71/h1-44H. The third-order valence-electron chi connectivity index (χ3n) is 15.7. The molecule has 354 valence electrons. The second-order valence-electron chi connectivity index (χ2n) is 20.1. The third kappa shape index (κ3) is 6.71. The van der Waals surface area contributed by atoms with Gasteiger partial charge in [-0.25, -0.2) is 0 Å². The van der Waals surface area contributed by atoms with Crippen molar-refractivity contribution in [3.63, 3.8) is 0 Å².